The predicted octanol–water partition coefficient (Wildman–Crippen LogP) is 2.31. The van der Waals surface area contributed by atoms with Crippen molar-refractivity contribution >= 4 is 11.8 Å². The maximum atomic E-state index is 12.3. The van der Waals surface area contributed by atoms with Gasteiger partial charge in [0, 0.05) is 5.41 Å². The molecule has 0 bridgehead atoms. The monoisotopic (exact) mass is 239 g/mol. The molecule has 0 aliphatic carbocycles. The van der Waals surface area contributed by atoms with E-state index < -0.39 is 10.8 Å². The molecular formula is C13H21NO3. The van der Waals surface area contributed by atoms with E-state index in [9.17, 15) is 9.59 Å². The summed E-state index contributed by atoms with van der Waals surface area (Å²) in [6.07, 6.45) is 2.89. The minimum Gasteiger partial charge on any atom is -0.271 e. The van der Waals surface area contributed by atoms with Gasteiger partial charge in [-0.1, -0.05) is 33.8 Å². The van der Waals surface area contributed by atoms with Gasteiger partial charge in [-0.05, 0) is 12.8 Å². The molecular weight excluding hydrogens is 218 g/mol. The molecule has 1 aliphatic rings. The zero-order chi connectivity index (χ0) is 13.3. The van der Waals surface area contributed by atoms with Crippen molar-refractivity contribution in [2.75, 3.05) is 6.61 Å². The number of carbonyl (C=O) groups excluding carboxylic acids is 2. The molecule has 1 aliphatic heterocycles. The molecule has 0 spiro atoms. The van der Waals surface area contributed by atoms with Gasteiger partial charge < -0.3 is 0 Å². The molecule has 1 atom stereocenters. The lowest BCUT2D eigenvalue weighted by molar-refractivity contribution is -0.221. The standard InChI is InChI=1S/C13H21NO3/c1-6-7-13(5)8-9-17-14(11(13)16)10(15)12(2,3)4/h6H,1,7-9H2,2-5H3/t13-/m1/s1. The van der Waals surface area contributed by atoms with Crippen LogP contribution in [0.2, 0.25) is 0 Å². The number of hydroxylamine groups is 2. The average Bonchev–Trinajstić information content (AvgIpc) is 2.20. The van der Waals surface area contributed by atoms with Crippen LogP contribution in [0.4, 0.5) is 0 Å². The van der Waals surface area contributed by atoms with Crippen LogP contribution in [0.1, 0.15) is 40.5 Å². The highest BCUT2D eigenvalue weighted by Crippen LogP contribution is 2.34. The summed E-state index contributed by atoms with van der Waals surface area (Å²) >= 11 is 0. The largest absolute Gasteiger partial charge is 0.271 e. The summed E-state index contributed by atoms with van der Waals surface area (Å²) in [5.74, 6) is -0.555. The van der Waals surface area contributed by atoms with Crippen molar-refractivity contribution in [1.29, 1.82) is 0 Å². The summed E-state index contributed by atoms with van der Waals surface area (Å²) in [5, 5.41) is 0.938. The van der Waals surface area contributed by atoms with Crippen LogP contribution >= 0.6 is 0 Å². The number of hydrogen-bond acceptors (Lipinski definition) is 3. The summed E-state index contributed by atoms with van der Waals surface area (Å²) in [6, 6.07) is 0. The van der Waals surface area contributed by atoms with E-state index in [0.717, 1.165) is 5.06 Å². The first-order valence-corrected chi connectivity index (χ1v) is 5.85. The summed E-state index contributed by atoms with van der Waals surface area (Å²) in [6.45, 7) is 11.2. The van der Waals surface area contributed by atoms with Crippen molar-refractivity contribution in [3.8, 4) is 0 Å². The molecule has 96 valence electrons. The van der Waals surface area contributed by atoms with Crippen LogP contribution in [0.15, 0.2) is 12.7 Å². The molecule has 2 amide bonds. The van der Waals surface area contributed by atoms with Crippen LogP contribution < -0.4 is 0 Å². The van der Waals surface area contributed by atoms with E-state index in [1.807, 2.05) is 6.92 Å². The number of amides is 2. The SMILES string of the molecule is C=CC[C@]1(C)CCON(C(=O)C(C)(C)C)C1=O. The second kappa shape index (κ2) is 4.61. The molecule has 0 unspecified atom stereocenters. The minimum absolute atomic E-state index is 0.261. The molecule has 0 saturated carbocycles. The third-order valence-corrected chi connectivity index (χ3v) is 3.00. The molecule has 17 heavy (non-hydrogen) atoms. The van der Waals surface area contributed by atoms with Gasteiger partial charge in [0.1, 0.15) is 0 Å². The Kier molecular flexibility index (Phi) is 3.77. The Morgan fingerprint density at radius 3 is 2.65 bits per heavy atom. The molecule has 0 N–H and O–H groups in total. The average molecular weight is 239 g/mol. The van der Waals surface area contributed by atoms with Gasteiger partial charge in [0.2, 0.25) is 0 Å². The van der Waals surface area contributed by atoms with Crippen LogP contribution in [0, 0.1) is 10.8 Å². The molecule has 0 radical (unpaired) electrons. The number of nitrogens with zero attached hydrogens (tertiary/aromatic N) is 1. The Labute approximate surface area is 103 Å². The van der Waals surface area contributed by atoms with Crippen LogP contribution in [0.25, 0.3) is 0 Å². The van der Waals surface area contributed by atoms with Crippen LogP contribution in [0.3, 0.4) is 0 Å². The maximum absolute atomic E-state index is 12.3. The molecule has 1 saturated heterocycles. The van der Waals surface area contributed by atoms with Gasteiger partial charge in [0.15, 0.2) is 0 Å². The van der Waals surface area contributed by atoms with E-state index in [1.165, 1.54) is 0 Å². The maximum Gasteiger partial charge on any atom is 0.259 e. The highest BCUT2D eigenvalue weighted by Gasteiger charge is 2.45. The Morgan fingerprint density at radius 1 is 1.59 bits per heavy atom. The number of rotatable bonds is 2. The highest BCUT2D eigenvalue weighted by atomic mass is 16.7. The number of allylic oxidation sites excluding steroid dienone is 1. The van der Waals surface area contributed by atoms with E-state index in [1.54, 1.807) is 26.8 Å². The van der Waals surface area contributed by atoms with Gasteiger partial charge in [-0.15, -0.1) is 6.58 Å². The fourth-order valence-corrected chi connectivity index (χ4v) is 1.74. The molecule has 1 rings (SSSR count). The number of carbonyl (C=O) groups is 2. The molecule has 0 aromatic rings. The molecule has 1 heterocycles. The molecule has 1 fully saturated rings. The lowest BCUT2D eigenvalue weighted by Gasteiger charge is -2.38. The van der Waals surface area contributed by atoms with Gasteiger partial charge in [-0.3, -0.25) is 14.4 Å². The normalized spacial score (nSPS) is 25.9. The number of imide groups is 1. The first kappa shape index (κ1) is 13.9. The summed E-state index contributed by atoms with van der Waals surface area (Å²) in [7, 11) is 0. The smallest absolute Gasteiger partial charge is 0.259 e. The van der Waals surface area contributed by atoms with Crippen LogP contribution in [-0.4, -0.2) is 23.5 Å². The van der Waals surface area contributed by atoms with Gasteiger partial charge in [-0.2, -0.15) is 5.06 Å². The van der Waals surface area contributed by atoms with Gasteiger partial charge >= 0.3 is 0 Å². The predicted molar refractivity (Wildman–Crippen MR) is 64.8 cm³/mol. The third kappa shape index (κ3) is 2.75. The molecule has 4 nitrogen and oxygen atoms in total. The first-order chi connectivity index (χ1) is 7.72. The first-order valence-electron chi connectivity index (χ1n) is 5.85. The quantitative estimate of drug-likeness (QED) is 0.695. The van der Waals surface area contributed by atoms with Gasteiger partial charge in [0.25, 0.3) is 11.8 Å². The van der Waals surface area contributed by atoms with Gasteiger partial charge in [-0.25, -0.2) is 0 Å². The van der Waals surface area contributed by atoms with E-state index in [0.29, 0.717) is 19.4 Å². The Bertz CT molecular complexity index is 343. The van der Waals surface area contributed by atoms with Crippen LogP contribution in [0.5, 0.6) is 0 Å². The minimum atomic E-state index is -0.623. The Morgan fingerprint density at radius 2 is 2.18 bits per heavy atom. The van der Waals surface area contributed by atoms with Crippen molar-refractivity contribution < 1.29 is 14.4 Å². The van der Waals surface area contributed by atoms with E-state index in [2.05, 4.69) is 6.58 Å². The Hall–Kier alpha value is -1.16. The van der Waals surface area contributed by atoms with Gasteiger partial charge in [0.05, 0.1) is 12.0 Å². The van der Waals surface area contributed by atoms with Crippen molar-refractivity contribution in [3.05, 3.63) is 12.7 Å². The second-order valence-electron chi connectivity index (χ2n) is 5.79. The highest BCUT2D eigenvalue weighted by molar-refractivity contribution is 5.99. The summed E-state index contributed by atoms with van der Waals surface area (Å²) in [4.78, 5) is 29.6. The van der Waals surface area contributed by atoms with Crippen molar-refractivity contribution in [2.45, 2.75) is 40.5 Å². The lowest BCUT2D eigenvalue weighted by Crippen LogP contribution is -2.53. The fourth-order valence-electron chi connectivity index (χ4n) is 1.74. The Balaban J connectivity index is 2.93. The van der Waals surface area contributed by atoms with Crippen LogP contribution in [-0.2, 0) is 14.4 Å². The lowest BCUT2D eigenvalue weighted by atomic mass is 9.81. The zero-order valence-electron chi connectivity index (χ0n) is 11.1. The van der Waals surface area contributed by atoms with Crippen molar-refractivity contribution in [2.24, 2.45) is 10.8 Å². The molecule has 4 heteroatoms. The van der Waals surface area contributed by atoms with E-state index >= 15 is 0 Å². The fraction of sp³-hybridized carbons (Fsp3) is 0.692. The zero-order valence-corrected chi connectivity index (χ0v) is 11.1. The van der Waals surface area contributed by atoms with E-state index in [4.69, 9.17) is 4.84 Å². The molecule has 0 aromatic carbocycles. The summed E-state index contributed by atoms with van der Waals surface area (Å²) in [5.41, 5.74) is -1.19. The second-order valence-corrected chi connectivity index (χ2v) is 5.79. The topological polar surface area (TPSA) is 46.6 Å². The van der Waals surface area contributed by atoms with Crippen molar-refractivity contribution in [1.82, 2.24) is 5.06 Å². The molecule has 0 aromatic heterocycles. The third-order valence-electron chi connectivity index (χ3n) is 3.00. The van der Waals surface area contributed by atoms with Crippen molar-refractivity contribution in [3.63, 3.8) is 0 Å². The summed E-state index contributed by atoms with van der Waals surface area (Å²) < 4.78 is 0. The van der Waals surface area contributed by atoms with E-state index in [-0.39, 0.29) is 11.8 Å². The number of hydrogen-bond donors (Lipinski definition) is 0.